The fourth-order valence-corrected chi connectivity index (χ4v) is 1.16. The smallest absolute Gasteiger partial charge is 0.119 e. The molecule has 15 heavy (non-hydrogen) atoms. The fourth-order valence-electron chi connectivity index (χ4n) is 1.16. The van der Waals surface area contributed by atoms with Crippen molar-refractivity contribution >= 4 is 0 Å². The molecule has 1 rings (SSSR count). The van der Waals surface area contributed by atoms with Gasteiger partial charge in [-0.2, -0.15) is 0 Å². The Morgan fingerprint density at radius 2 is 2.20 bits per heavy atom. The van der Waals surface area contributed by atoms with E-state index in [2.05, 4.69) is 0 Å². The third-order valence-corrected chi connectivity index (χ3v) is 2.07. The first-order valence-electron chi connectivity index (χ1n) is 4.97. The minimum absolute atomic E-state index is 0.00260. The standard InChI is InChI=1S/C11H17NO3/c12-7-10(14)4-5-15-11-3-1-2-9(6-11)8-13/h1-3,6,10,13-14H,4-5,7-8,12H2. The molecule has 1 atom stereocenters. The maximum Gasteiger partial charge on any atom is 0.119 e. The molecule has 4 N–H and O–H groups in total. The molecular weight excluding hydrogens is 194 g/mol. The van der Waals surface area contributed by atoms with Gasteiger partial charge in [0, 0.05) is 13.0 Å². The number of benzene rings is 1. The summed E-state index contributed by atoms with van der Waals surface area (Å²) in [5.41, 5.74) is 6.07. The summed E-state index contributed by atoms with van der Waals surface area (Å²) in [5, 5.41) is 18.1. The van der Waals surface area contributed by atoms with Crippen LogP contribution < -0.4 is 10.5 Å². The molecule has 0 aliphatic carbocycles. The number of rotatable bonds is 6. The molecule has 84 valence electrons. The number of ether oxygens (including phenoxy) is 1. The first kappa shape index (κ1) is 12.0. The van der Waals surface area contributed by atoms with E-state index in [0.717, 1.165) is 5.56 Å². The average Bonchev–Trinajstić information content (AvgIpc) is 2.29. The lowest BCUT2D eigenvalue weighted by atomic mass is 10.2. The zero-order valence-electron chi connectivity index (χ0n) is 8.60. The van der Waals surface area contributed by atoms with Gasteiger partial charge in [-0.15, -0.1) is 0 Å². The van der Waals surface area contributed by atoms with Crippen LogP contribution in [-0.4, -0.2) is 29.5 Å². The second-order valence-electron chi connectivity index (χ2n) is 3.33. The lowest BCUT2D eigenvalue weighted by molar-refractivity contribution is 0.146. The van der Waals surface area contributed by atoms with Crippen molar-refractivity contribution in [2.24, 2.45) is 5.73 Å². The fraction of sp³-hybridized carbons (Fsp3) is 0.455. The Morgan fingerprint density at radius 1 is 1.40 bits per heavy atom. The van der Waals surface area contributed by atoms with E-state index in [9.17, 15) is 5.11 Å². The van der Waals surface area contributed by atoms with Crippen LogP contribution in [0.15, 0.2) is 24.3 Å². The number of hydrogen-bond donors (Lipinski definition) is 3. The van der Waals surface area contributed by atoms with E-state index in [1.807, 2.05) is 18.2 Å². The Morgan fingerprint density at radius 3 is 2.87 bits per heavy atom. The summed E-state index contributed by atoms with van der Waals surface area (Å²) in [5.74, 6) is 0.700. The first-order valence-corrected chi connectivity index (χ1v) is 4.97. The molecule has 0 aliphatic heterocycles. The average molecular weight is 211 g/mol. The molecule has 4 heteroatoms. The van der Waals surface area contributed by atoms with Gasteiger partial charge in [0.2, 0.25) is 0 Å². The van der Waals surface area contributed by atoms with Gasteiger partial charge in [0.1, 0.15) is 5.75 Å². The second kappa shape index (κ2) is 6.40. The Balaban J connectivity index is 2.37. The summed E-state index contributed by atoms with van der Waals surface area (Å²) in [6.07, 6.45) is 0.00543. The Bertz CT molecular complexity index is 291. The molecule has 0 bridgehead atoms. The van der Waals surface area contributed by atoms with E-state index < -0.39 is 6.10 Å². The first-order chi connectivity index (χ1) is 7.26. The summed E-state index contributed by atoms with van der Waals surface area (Å²) in [6.45, 7) is 0.677. The molecular formula is C11H17NO3. The maximum absolute atomic E-state index is 9.19. The van der Waals surface area contributed by atoms with Gasteiger partial charge in [-0.3, -0.25) is 0 Å². The predicted octanol–water partition coefficient (Wildman–Crippen LogP) is 0.267. The monoisotopic (exact) mass is 211 g/mol. The summed E-state index contributed by atoms with van der Waals surface area (Å²) in [6, 6.07) is 7.23. The lowest BCUT2D eigenvalue weighted by Gasteiger charge is -2.09. The lowest BCUT2D eigenvalue weighted by Crippen LogP contribution is -2.21. The zero-order chi connectivity index (χ0) is 11.1. The molecule has 1 aromatic rings. The van der Waals surface area contributed by atoms with Crippen LogP contribution in [0, 0.1) is 0 Å². The van der Waals surface area contributed by atoms with Gasteiger partial charge in [-0.25, -0.2) is 0 Å². The molecule has 0 saturated heterocycles. The zero-order valence-corrected chi connectivity index (χ0v) is 8.60. The maximum atomic E-state index is 9.19. The predicted molar refractivity (Wildman–Crippen MR) is 57.5 cm³/mol. The Labute approximate surface area is 89.3 Å². The van der Waals surface area contributed by atoms with E-state index in [4.69, 9.17) is 15.6 Å². The van der Waals surface area contributed by atoms with Crippen LogP contribution in [0.1, 0.15) is 12.0 Å². The third kappa shape index (κ3) is 4.29. The number of nitrogens with two attached hydrogens (primary N) is 1. The quantitative estimate of drug-likeness (QED) is 0.631. The minimum atomic E-state index is -0.508. The van der Waals surface area contributed by atoms with Crippen LogP contribution in [0.25, 0.3) is 0 Å². The van der Waals surface area contributed by atoms with Gasteiger partial charge in [-0.05, 0) is 17.7 Å². The largest absolute Gasteiger partial charge is 0.493 e. The molecule has 0 aliphatic rings. The highest BCUT2D eigenvalue weighted by molar-refractivity contribution is 5.27. The highest BCUT2D eigenvalue weighted by Crippen LogP contribution is 2.13. The summed E-state index contributed by atoms with van der Waals surface area (Å²) >= 11 is 0. The van der Waals surface area contributed by atoms with Crippen molar-refractivity contribution in [3.63, 3.8) is 0 Å². The van der Waals surface area contributed by atoms with Crippen LogP contribution in [0.5, 0.6) is 5.75 Å². The minimum Gasteiger partial charge on any atom is -0.493 e. The normalized spacial score (nSPS) is 12.5. The van der Waals surface area contributed by atoms with Crippen LogP contribution in [0.3, 0.4) is 0 Å². The number of aliphatic hydroxyl groups is 2. The van der Waals surface area contributed by atoms with Crippen molar-refractivity contribution in [3.05, 3.63) is 29.8 Å². The van der Waals surface area contributed by atoms with Crippen LogP contribution >= 0.6 is 0 Å². The molecule has 0 saturated carbocycles. The van der Waals surface area contributed by atoms with Crippen molar-refractivity contribution in [2.45, 2.75) is 19.1 Å². The van der Waals surface area contributed by atoms with E-state index in [0.29, 0.717) is 18.8 Å². The van der Waals surface area contributed by atoms with E-state index in [1.165, 1.54) is 0 Å². The Kier molecular flexibility index (Phi) is 5.10. The SMILES string of the molecule is NCC(O)CCOc1cccc(CO)c1. The summed E-state index contributed by atoms with van der Waals surface area (Å²) in [7, 11) is 0. The van der Waals surface area contributed by atoms with Gasteiger partial charge in [0.15, 0.2) is 0 Å². The van der Waals surface area contributed by atoms with Crippen molar-refractivity contribution in [1.82, 2.24) is 0 Å². The van der Waals surface area contributed by atoms with Crippen molar-refractivity contribution in [1.29, 1.82) is 0 Å². The van der Waals surface area contributed by atoms with Crippen molar-refractivity contribution in [2.75, 3.05) is 13.2 Å². The topological polar surface area (TPSA) is 75.7 Å². The molecule has 1 aromatic carbocycles. The molecule has 0 amide bonds. The molecule has 0 radical (unpaired) electrons. The molecule has 0 heterocycles. The highest BCUT2D eigenvalue weighted by atomic mass is 16.5. The third-order valence-electron chi connectivity index (χ3n) is 2.07. The molecule has 0 spiro atoms. The van der Waals surface area contributed by atoms with Gasteiger partial charge in [0.25, 0.3) is 0 Å². The highest BCUT2D eigenvalue weighted by Gasteiger charge is 2.01. The van der Waals surface area contributed by atoms with E-state index in [1.54, 1.807) is 6.07 Å². The van der Waals surface area contributed by atoms with Gasteiger partial charge in [0.05, 0.1) is 19.3 Å². The number of hydrogen-bond acceptors (Lipinski definition) is 4. The van der Waals surface area contributed by atoms with Crippen LogP contribution in [-0.2, 0) is 6.61 Å². The van der Waals surface area contributed by atoms with Gasteiger partial charge in [-0.1, -0.05) is 12.1 Å². The molecule has 1 unspecified atom stereocenters. The van der Waals surface area contributed by atoms with E-state index in [-0.39, 0.29) is 13.2 Å². The van der Waals surface area contributed by atoms with E-state index >= 15 is 0 Å². The molecule has 0 fully saturated rings. The van der Waals surface area contributed by atoms with Crippen LogP contribution in [0.2, 0.25) is 0 Å². The summed E-state index contributed by atoms with van der Waals surface area (Å²) < 4.78 is 5.39. The molecule has 4 nitrogen and oxygen atoms in total. The number of aliphatic hydroxyl groups excluding tert-OH is 2. The van der Waals surface area contributed by atoms with Crippen molar-refractivity contribution < 1.29 is 14.9 Å². The Hall–Kier alpha value is -1.10. The van der Waals surface area contributed by atoms with Crippen LogP contribution in [0.4, 0.5) is 0 Å². The molecule has 0 aromatic heterocycles. The summed E-state index contributed by atoms with van der Waals surface area (Å²) in [4.78, 5) is 0. The second-order valence-corrected chi connectivity index (χ2v) is 3.33. The van der Waals surface area contributed by atoms with Gasteiger partial charge < -0.3 is 20.7 Å². The van der Waals surface area contributed by atoms with Crippen molar-refractivity contribution in [3.8, 4) is 5.75 Å². The van der Waals surface area contributed by atoms with Gasteiger partial charge >= 0.3 is 0 Å².